The number of esters is 3. The molecular formula is C65H110O6. The largest absolute Gasteiger partial charge is 0.462 e. The molecule has 6 nitrogen and oxygen atoms in total. The second-order valence-corrected chi connectivity index (χ2v) is 19.5. The fraction of sp³-hybridized carbons (Fsp3) is 0.708. The van der Waals surface area contributed by atoms with E-state index in [4.69, 9.17) is 14.2 Å². The van der Waals surface area contributed by atoms with E-state index in [1.807, 2.05) is 0 Å². The average Bonchev–Trinajstić information content (AvgIpc) is 3.37. The summed E-state index contributed by atoms with van der Waals surface area (Å²) in [5, 5.41) is 0. The van der Waals surface area contributed by atoms with Crippen LogP contribution in [0.4, 0.5) is 0 Å². The zero-order valence-electron chi connectivity index (χ0n) is 46.5. The summed E-state index contributed by atoms with van der Waals surface area (Å²) in [7, 11) is 0. The van der Waals surface area contributed by atoms with Gasteiger partial charge in [0, 0.05) is 19.3 Å². The first-order valence-corrected chi connectivity index (χ1v) is 29.7. The summed E-state index contributed by atoms with van der Waals surface area (Å²) in [6, 6.07) is 0. The van der Waals surface area contributed by atoms with Gasteiger partial charge in [0.05, 0.1) is 0 Å². The van der Waals surface area contributed by atoms with Crippen LogP contribution in [0.3, 0.4) is 0 Å². The highest BCUT2D eigenvalue weighted by atomic mass is 16.6. The highest BCUT2D eigenvalue weighted by molar-refractivity contribution is 5.71. The minimum absolute atomic E-state index is 0.0742. The van der Waals surface area contributed by atoms with E-state index < -0.39 is 6.10 Å². The zero-order chi connectivity index (χ0) is 51.4. The van der Waals surface area contributed by atoms with Gasteiger partial charge in [-0.2, -0.15) is 0 Å². The maximum absolute atomic E-state index is 12.7. The molecule has 0 bridgehead atoms. The topological polar surface area (TPSA) is 78.9 Å². The summed E-state index contributed by atoms with van der Waals surface area (Å²) in [4.78, 5) is 37.9. The fourth-order valence-corrected chi connectivity index (χ4v) is 8.16. The molecule has 0 aromatic heterocycles. The van der Waals surface area contributed by atoms with Crippen LogP contribution < -0.4 is 0 Å². The molecule has 6 heteroatoms. The number of ether oxygens (including phenoxy) is 3. The molecule has 406 valence electrons. The standard InChI is InChI=1S/C65H110O6/c1-4-7-10-13-16-19-20-21-22-23-24-25-26-27-28-29-30-31-32-33-34-35-36-37-38-39-40-41-42-43-44-47-49-52-55-58-64(67)70-61-62(71-65(68)59-56-53-50-46-18-15-12-9-6-3)60-69-63(66)57-54-51-48-45-17-14-11-8-5-2/h7,10,16,19,21-22,24-25,27-28,30-31,33-34,36-37,62H,4-6,8-9,11-15,17-18,20,23,26,29,32,35,38-61H2,1-3H3/b10-7-,19-16-,22-21-,25-24-,28-27-,31-30-,34-33-,37-36-. The van der Waals surface area contributed by atoms with Crippen LogP contribution in [-0.2, 0) is 28.6 Å². The lowest BCUT2D eigenvalue weighted by Crippen LogP contribution is -2.30. The van der Waals surface area contributed by atoms with Crippen LogP contribution in [0.2, 0.25) is 0 Å². The Morgan fingerprint density at radius 3 is 0.859 bits per heavy atom. The zero-order valence-corrected chi connectivity index (χ0v) is 46.5. The van der Waals surface area contributed by atoms with Crippen molar-refractivity contribution < 1.29 is 28.6 Å². The Balaban J connectivity index is 4.04. The summed E-state index contributed by atoms with van der Waals surface area (Å²) in [6.45, 7) is 6.48. The predicted molar refractivity (Wildman–Crippen MR) is 307 cm³/mol. The van der Waals surface area contributed by atoms with Crippen LogP contribution >= 0.6 is 0 Å². The summed E-state index contributed by atoms with van der Waals surface area (Å²) in [5.41, 5.74) is 0. The van der Waals surface area contributed by atoms with Crippen molar-refractivity contribution in [3.05, 3.63) is 97.2 Å². The minimum atomic E-state index is -0.772. The molecule has 0 aliphatic heterocycles. The van der Waals surface area contributed by atoms with E-state index in [1.54, 1.807) is 0 Å². The number of rotatable bonds is 53. The van der Waals surface area contributed by atoms with Crippen molar-refractivity contribution in [1.82, 2.24) is 0 Å². The van der Waals surface area contributed by atoms with Crippen molar-refractivity contribution in [2.45, 2.75) is 284 Å². The maximum Gasteiger partial charge on any atom is 0.306 e. The van der Waals surface area contributed by atoms with Gasteiger partial charge < -0.3 is 14.2 Å². The number of allylic oxidation sites excluding steroid dienone is 16. The van der Waals surface area contributed by atoms with Crippen LogP contribution in [0.25, 0.3) is 0 Å². The Labute approximate surface area is 438 Å². The third-order valence-corrected chi connectivity index (χ3v) is 12.6. The molecular weight excluding hydrogens is 877 g/mol. The fourth-order valence-electron chi connectivity index (χ4n) is 8.16. The molecule has 0 saturated heterocycles. The molecule has 1 atom stereocenters. The molecule has 1 unspecified atom stereocenters. The van der Waals surface area contributed by atoms with E-state index in [0.29, 0.717) is 19.3 Å². The maximum atomic E-state index is 12.7. The van der Waals surface area contributed by atoms with E-state index in [9.17, 15) is 14.4 Å². The summed E-state index contributed by atoms with van der Waals surface area (Å²) in [6.07, 6.45) is 78.6. The lowest BCUT2D eigenvalue weighted by molar-refractivity contribution is -0.167. The van der Waals surface area contributed by atoms with Gasteiger partial charge in [0.2, 0.25) is 0 Å². The number of hydrogen-bond donors (Lipinski definition) is 0. The molecule has 0 saturated carbocycles. The quantitative estimate of drug-likeness (QED) is 0.0261. The molecule has 0 rings (SSSR count). The van der Waals surface area contributed by atoms with E-state index in [-0.39, 0.29) is 31.1 Å². The van der Waals surface area contributed by atoms with Gasteiger partial charge in [-0.25, -0.2) is 0 Å². The number of hydrogen-bond acceptors (Lipinski definition) is 6. The predicted octanol–water partition coefficient (Wildman–Crippen LogP) is 20.1. The first kappa shape index (κ1) is 67.3. The molecule has 0 aromatic rings. The van der Waals surface area contributed by atoms with Crippen LogP contribution in [0.5, 0.6) is 0 Å². The van der Waals surface area contributed by atoms with Crippen molar-refractivity contribution in [2.75, 3.05) is 13.2 Å². The average molecular weight is 988 g/mol. The van der Waals surface area contributed by atoms with Crippen molar-refractivity contribution in [3.63, 3.8) is 0 Å². The molecule has 0 spiro atoms. The monoisotopic (exact) mass is 987 g/mol. The molecule has 0 N–H and O–H groups in total. The Bertz CT molecular complexity index is 1410. The Hall–Kier alpha value is -3.67. The van der Waals surface area contributed by atoms with Gasteiger partial charge >= 0.3 is 17.9 Å². The normalized spacial score (nSPS) is 12.8. The van der Waals surface area contributed by atoms with Gasteiger partial charge in [0.1, 0.15) is 13.2 Å². The summed E-state index contributed by atoms with van der Waals surface area (Å²) in [5.74, 6) is -0.881. The Morgan fingerprint density at radius 2 is 0.549 bits per heavy atom. The first-order chi connectivity index (χ1) is 35.0. The van der Waals surface area contributed by atoms with Gasteiger partial charge in [0.25, 0.3) is 0 Å². The number of unbranched alkanes of at least 4 members (excludes halogenated alkanes) is 26. The minimum Gasteiger partial charge on any atom is -0.462 e. The van der Waals surface area contributed by atoms with E-state index >= 15 is 0 Å². The molecule has 0 fully saturated rings. The van der Waals surface area contributed by atoms with Crippen molar-refractivity contribution in [2.24, 2.45) is 0 Å². The summed E-state index contributed by atoms with van der Waals surface area (Å²) >= 11 is 0. The third-order valence-electron chi connectivity index (χ3n) is 12.6. The van der Waals surface area contributed by atoms with Crippen molar-refractivity contribution in [1.29, 1.82) is 0 Å². The van der Waals surface area contributed by atoms with Crippen LogP contribution in [0, 0.1) is 0 Å². The lowest BCUT2D eigenvalue weighted by Gasteiger charge is -2.18. The highest BCUT2D eigenvalue weighted by Gasteiger charge is 2.19. The molecule has 0 aliphatic carbocycles. The number of carbonyl (C=O) groups excluding carboxylic acids is 3. The molecule has 0 amide bonds. The lowest BCUT2D eigenvalue weighted by atomic mass is 10.1. The molecule has 0 aliphatic rings. The van der Waals surface area contributed by atoms with Gasteiger partial charge in [-0.1, -0.05) is 272 Å². The van der Waals surface area contributed by atoms with E-state index in [2.05, 4.69) is 118 Å². The van der Waals surface area contributed by atoms with Gasteiger partial charge in [-0.05, 0) is 83.5 Å². The second-order valence-electron chi connectivity index (χ2n) is 19.5. The van der Waals surface area contributed by atoms with Gasteiger partial charge in [-0.3, -0.25) is 14.4 Å². The highest BCUT2D eigenvalue weighted by Crippen LogP contribution is 2.15. The molecule has 0 heterocycles. The van der Waals surface area contributed by atoms with Crippen molar-refractivity contribution >= 4 is 17.9 Å². The van der Waals surface area contributed by atoms with Gasteiger partial charge in [-0.15, -0.1) is 0 Å². The Morgan fingerprint density at radius 1 is 0.296 bits per heavy atom. The van der Waals surface area contributed by atoms with Crippen LogP contribution in [0.15, 0.2) is 97.2 Å². The second kappa shape index (κ2) is 58.9. The third kappa shape index (κ3) is 57.1. The molecule has 0 aromatic carbocycles. The van der Waals surface area contributed by atoms with E-state index in [0.717, 1.165) is 109 Å². The SMILES string of the molecule is CC/C=C\C/C=C\C/C=C\C/C=C\C/C=C\C/C=C\C/C=C\C/C=C\CCCCCCCCCCCCC(=O)OCC(COC(=O)CCCCCCCCCCC)OC(=O)CCCCCCCCCCC. The van der Waals surface area contributed by atoms with Gasteiger partial charge in [0.15, 0.2) is 6.10 Å². The molecule has 71 heavy (non-hydrogen) atoms. The van der Waals surface area contributed by atoms with Crippen molar-refractivity contribution in [3.8, 4) is 0 Å². The summed E-state index contributed by atoms with van der Waals surface area (Å²) < 4.78 is 16.8. The van der Waals surface area contributed by atoms with Crippen LogP contribution in [0.1, 0.15) is 278 Å². The van der Waals surface area contributed by atoms with Crippen LogP contribution in [-0.4, -0.2) is 37.2 Å². The Kier molecular flexibility index (Phi) is 55.9. The van der Waals surface area contributed by atoms with E-state index in [1.165, 1.54) is 128 Å². The number of carbonyl (C=O) groups is 3. The molecule has 0 radical (unpaired) electrons. The smallest absolute Gasteiger partial charge is 0.306 e. The first-order valence-electron chi connectivity index (χ1n) is 29.7.